The number of carbonyl (C=O) groups is 1. The van der Waals surface area contributed by atoms with E-state index in [2.05, 4.69) is 31.9 Å². The van der Waals surface area contributed by atoms with Crippen molar-refractivity contribution in [2.24, 2.45) is 0 Å². The van der Waals surface area contributed by atoms with Gasteiger partial charge in [-0.1, -0.05) is 6.07 Å². The molecule has 0 spiro atoms. The highest BCUT2D eigenvalue weighted by atomic mass is 32.1. The van der Waals surface area contributed by atoms with E-state index in [9.17, 15) is 4.79 Å². The molecule has 2 atom stereocenters. The van der Waals surface area contributed by atoms with Crippen molar-refractivity contribution in [1.82, 2.24) is 20.4 Å². The van der Waals surface area contributed by atoms with Gasteiger partial charge in [-0.2, -0.15) is 5.10 Å². The Labute approximate surface area is 141 Å². The Bertz CT molecular complexity index is 596. The number of rotatable bonds is 6. The van der Waals surface area contributed by atoms with Crippen LogP contribution in [-0.4, -0.2) is 46.7 Å². The molecule has 1 fully saturated rings. The fraction of sp³-hybridized carbons (Fsp3) is 0.529. The third-order valence-corrected chi connectivity index (χ3v) is 5.53. The lowest BCUT2D eigenvalue weighted by Crippen LogP contribution is -2.49. The highest BCUT2D eigenvalue weighted by Gasteiger charge is 2.28. The molecule has 0 radical (unpaired) electrons. The first-order valence-electron chi connectivity index (χ1n) is 8.27. The number of thiophene rings is 1. The average Bonchev–Trinajstić information content (AvgIpc) is 3.28. The third-order valence-electron chi connectivity index (χ3n) is 4.59. The summed E-state index contributed by atoms with van der Waals surface area (Å²) in [6, 6.07) is 6.12. The highest BCUT2D eigenvalue weighted by Crippen LogP contribution is 2.26. The van der Waals surface area contributed by atoms with Crippen molar-refractivity contribution in [3.63, 3.8) is 0 Å². The molecule has 3 heterocycles. The number of carbonyl (C=O) groups excluding carboxylic acids is 1. The van der Waals surface area contributed by atoms with E-state index in [0.717, 1.165) is 32.4 Å². The van der Waals surface area contributed by atoms with Gasteiger partial charge >= 0.3 is 0 Å². The molecule has 1 aliphatic rings. The predicted molar refractivity (Wildman–Crippen MR) is 92.6 cm³/mol. The molecule has 0 aromatic carbocycles. The monoisotopic (exact) mass is 332 g/mol. The van der Waals surface area contributed by atoms with Crippen LogP contribution in [0.5, 0.6) is 0 Å². The van der Waals surface area contributed by atoms with Crippen molar-refractivity contribution >= 4 is 17.2 Å². The first kappa shape index (κ1) is 16.2. The molecule has 2 aromatic rings. The number of nitrogens with one attached hydrogen (secondary N) is 2. The quantitative estimate of drug-likeness (QED) is 0.854. The number of H-pyrrole nitrogens is 1. The zero-order chi connectivity index (χ0) is 16.1. The van der Waals surface area contributed by atoms with Gasteiger partial charge in [0.15, 0.2) is 0 Å². The fourth-order valence-corrected chi connectivity index (χ4v) is 3.89. The van der Waals surface area contributed by atoms with Crippen LogP contribution in [0.3, 0.4) is 0 Å². The van der Waals surface area contributed by atoms with E-state index in [0.29, 0.717) is 12.5 Å². The second-order valence-corrected chi connectivity index (χ2v) is 7.17. The van der Waals surface area contributed by atoms with Crippen LogP contribution in [0, 0.1) is 0 Å². The van der Waals surface area contributed by atoms with E-state index in [1.54, 1.807) is 17.5 Å². The SMILES string of the molecule is C[C@@H](C(=O)NCCc1cccs1)N1CCC[C@H](c2ccn[nH]2)C1. The molecule has 1 amide bonds. The van der Waals surface area contributed by atoms with Gasteiger partial charge < -0.3 is 5.32 Å². The molecule has 1 saturated heterocycles. The van der Waals surface area contributed by atoms with E-state index >= 15 is 0 Å². The summed E-state index contributed by atoms with van der Waals surface area (Å²) in [5.41, 5.74) is 1.18. The zero-order valence-electron chi connectivity index (χ0n) is 13.5. The largest absolute Gasteiger partial charge is 0.354 e. The summed E-state index contributed by atoms with van der Waals surface area (Å²) in [7, 11) is 0. The minimum absolute atomic E-state index is 0.0796. The molecule has 1 aliphatic heterocycles. The van der Waals surface area contributed by atoms with E-state index in [1.165, 1.54) is 10.6 Å². The van der Waals surface area contributed by atoms with Crippen LogP contribution < -0.4 is 5.32 Å². The third kappa shape index (κ3) is 4.20. The summed E-state index contributed by atoms with van der Waals surface area (Å²) >= 11 is 1.74. The number of hydrogen-bond acceptors (Lipinski definition) is 4. The Morgan fingerprint density at radius 1 is 1.57 bits per heavy atom. The molecular weight excluding hydrogens is 308 g/mol. The van der Waals surface area contributed by atoms with E-state index in [4.69, 9.17) is 0 Å². The highest BCUT2D eigenvalue weighted by molar-refractivity contribution is 7.09. The zero-order valence-corrected chi connectivity index (χ0v) is 14.3. The molecule has 0 saturated carbocycles. The van der Waals surface area contributed by atoms with Gasteiger partial charge in [-0.15, -0.1) is 11.3 Å². The Kier molecular flexibility index (Phi) is 5.46. The Balaban J connectivity index is 1.48. The summed E-state index contributed by atoms with van der Waals surface area (Å²) < 4.78 is 0. The van der Waals surface area contributed by atoms with Gasteiger partial charge in [0.2, 0.25) is 5.91 Å². The van der Waals surface area contributed by atoms with Crippen LogP contribution in [0.1, 0.15) is 36.3 Å². The average molecular weight is 332 g/mol. The number of likely N-dealkylation sites (tertiary alicyclic amines) is 1. The summed E-state index contributed by atoms with van der Waals surface area (Å²) in [5.74, 6) is 0.583. The molecular formula is C17H24N4OS. The van der Waals surface area contributed by atoms with Crippen LogP contribution in [0.2, 0.25) is 0 Å². The molecule has 5 nitrogen and oxygen atoms in total. The number of piperidine rings is 1. The molecule has 3 rings (SSSR count). The number of aromatic nitrogens is 2. The van der Waals surface area contributed by atoms with E-state index in [-0.39, 0.29) is 11.9 Å². The lowest BCUT2D eigenvalue weighted by molar-refractivity contribution is -0.126. The maximum atomic E-state index is 12.4. The summed E-state index contributed by atoms with van der Waals surface area (Å²) in [5, 5.41) is 12.3. The van der Waals surface area contributed by atoms with Crippen LogP contribution in [0.4, 0.5) is 0 Å². The molecule has 2 aromatic heterocycles. The standard InChI is InChI=1S/C17H24N4OS/c1-13(17(22)18-8-6-15-5-3-11-23-15)21-10-2-4-14(12-21)16-7-9-19-20-16/h3,5,7,9,11,13-14H,2,4,6,8,10,12H2,1H3,(H,18,22)(H,19,20)/t13-,14-/m0/s1. The smallest absolute Gasteiger partial charge is 0.237 e. The van der Waals surface area contributed by atoms with Gasteiger partial charge in [0.1, 0.15) is 0 Å². The maximum absolute atomic E-state index is 12.4. The first-order chi connectivity index (χ1) is 11.2. The van der Waals surface area contributed by atoms with Crippen LogP contribution in [0.25, 0.3) is 0 Å². The van der Waals surface area contributed by atoms with Crippen molar-refractivity contribution in [3.8, 4) is 0 Å². The number of nitrogens with zero attached hydrogens (tertiary/aromatic N) is 2. The van der Waals surface area contributed by atoms with Gasteiger partial charge in [-0.25, -0.2) is 0 Å². The Morgan fingerprint density at radius 3 is 3.22 bits per heavy atom. The topological polar surface area (TPSA) is 61.0 Å². The van der Waals surface area contributed by atoms with E-state index < -0.39 is 0 Å². The van der Waals surface area contributed by atoms with Crippen molar-refractivity contribution in [3.05, 3.63) is 40.3 Å². The molecule has 0 bridgehead atoms. The minimum atomic E-state index is -0.0796. The molecule has 124 valence electrons. The molecule has 2 N–H and O–H groups in total. The Morgan fingerprint density at radius 2 is 2.48 bits per heavy atom. The lowest BCUT2D eigenvalue weighted by Gasteiger charge is -2.35. The molecule has 6 heteroatoms. The summed E-state index contributed by atoms with van der Waals surface area (Å²) in [4.78, 5) is 16.0. The van der Waals surface area contributed by atoms with Crippen molar-refractivity contribution < 1.29 is 4.79 Å². The van der Waals surface area contributed by atoms with Gasteiger partial charge in [0, 0.05) is 35.8 Å². The Hall–Kier alpha value is -1.66. The van der Waals surface area contributed by atoms with Crippen molar-refractivity contribution in [2.75, 3.05) is 19.6 Å². The van der Waals surface area contributed by atoms with Gasteiger partial charge in [0.25, 0.3) is 0 Å². The lowest BCUT2D eigenvalue weighted by atomic mass is 9.94. The molecule has 0 aliphatic carbocycles. The summed E-state index contributed by atoms with van der Waals surface area (Å²) in [6.07, 6.45) is 4.99. The van der Waals surface area contributed by atoms with Gasteiger partial charge in [0.05, 0.1) is 6.04 Å². The van der Waals surface area contributed by atoms with Gasteiger partial charge in [-0.3, -0.25) is 14.8 Å². The van der Waals surface area contributed by atoms with Crippen molar-refractivity contribution in [1.29, 1.82) is 0 Å². The second kappa shape index (κ2) is 7.75. The van der Waals surface area contributed by atoms with Gasteiger partial charge in [-0.05, 0) is 50.2 Å². The number of amides is 1. The number of aromatic amines is 1. The first-order valence-corrected chi connectivity index (χ1v) is 9.15. The number of hydrogen-bond donors (Lipinski definition) is 2. The van der Waals surface area contributed by atoms with Crippen LogP contribution in [-0.2, 0) is 11.2 Å². The predicted octanol–water partition coefficient (Wildman–Crippen LogP) is 2.40. The minimum Gasteiger partial charge on any atom is -0.354 e. The molecule has 0 unspecified atom stereocenters. The van der Waals surface area contributed by atoms with E-state index in [1.807, 2.05) is 19.1 Å². The van der Waals surface area contributed by atoms with Crippen LogP contribution >= 0.6 is 11.3 Å². The normalized spacial score (nSPS) is 20.3. The molecule has 23 heavy (non-hydrogen) atoms. The maximum Gasteiger partial charge on any atom is 0.237 e. The second-order valence-electron chi connectivity index (χ2n) is 6.14. The van der Waals surface area contributed by atoms with Crippen molar-refractivity contribution in [2.45, 2.75) is 38.1 Å². The fourth-order valence-electron chi connectivity index (χ4n) is 3.18. The van der Waals surface area contributed by atoms with Crippen LogP contribution in [0.15, 0.2) is 29.8 Å². The summed E-state index contributed by atoms with van der Waals surface area (Å²) in [6.45, 7) is 4.63.